The first-order chi connectivity index (χ1) is 16.7. The smallest absolute Gasteiger partial charge is 0.233 e. The van der Waals surface area contributed by atoms with Gasteiger partial charge in [-0.1, -0.05) is 66.7 Å². The van der Waals surface area contributed by atoms with Gasteiger partial charge in [-0.25, -0.2) is 4.98 Å². The topological polar surface area (TPSA) is 75.9 Å². The molecule has 1 unspecified atom stereocenters. The van der Waals surface area contributed by atoms with Gasteiger partial charge in [0.15, 0.2) is 5.65 Å². The lowest BCUT2D eigenvalue weighted by atomic mass is 10.1. The Labute approximate surface area is 204 Å². The van der Waals surface area contributed by atoms with Crippen molar-refractivity contribution in [2.75, 3.05) is 26.2 Å². The molecular weight excluding hydrogens is 444 g/mol. The standard InChI is InChI=1S/C26H30N6OS/c1-19(25(33)27-14-17-31-15-8-3-9-16-31)34-26-28-24-23(29-30-26)21-12-6-7-13-22(21)32(24)18-20-10-4-2-5-11-20/h2,4-7,10-13,19H,3,8-9,14-18H2,1H3,(H,27,33). The predicted octanol–water partition coefficient (Wildman–Crippen LogP) is 4.11. The number of hydrogen-bond acceptors (Lipinski definition) is 6. The molecule has 0 bridgehead atoms. The maximum absolute atomic E-state index is 12.7. The Balaban J connectivity index is 1.32. The molecule has 2 aromatic heterocycles. The molecule has 1 N–H and O–H groups in total. The Bertz CT molecular complexity index is 1270. The van der Waals surface area contributed by atoms with Crippen LogP contribution in [-0.4, -0.2) is 62.0 Å². The van der Waals surface area contributed by atoms with Crippen LogP contribution in [0.3, 0.4) is 0 Å². The van der Waals surface area contributed by atoms with Crippen LogP contribution in [-0.2, 0) is 11.3 Å². The fourth-order valence-electron chi connectivity index (χ4n) is 4.54. The van der Waals surface area contributed by atoms with Crippen LogP contribution >= 0.6 is 11.8 Å². The van der Waals surface area contributed by atoms with Crippen LogP contribution in [0, 0.1) is 0 Å². The third-order valence-corrected chi connectivity index (χ3v) is 7.32. The van der Waals surface area contributed by atoms with E-state index in [-0.39, 0.29) is 11.2 Å². The number of benzene rings is 2. The zero-order chi connectivity index (χ0) is 23.3. The first-order valence-corrected chi connectivity index (χ1v) is 12.9. The highest BCUT2D eigenvalue weighted by Gasteiger charge is 2.20. The molecule has 0 aliphatic carbocycles. The predicted molar refractivity (Wildman–Crippen MR) is 137 cm³/mol. The third kappa shape index (κ3) is 5.08. The number of thioether (sulfide) groups is 1. The lowest BCUT2D eigenvalue weighted by molar-refractivity contribution is -0.120. The van der Waals surface area contributed by atoms with Gasteiger partial charge in [0.1, 0.15) is 5.52 Å². The molecule has 3 heterocycles. The van der Waals surface area contributed by atoms with Crippen LogP contribution in [0.1, 0.15) is 31.7 Å². The summed E-state index contributed by atoms with van der Waals surface area (Å²) in [6, 6.07) is 18.5. The minimum absolute atomic E-state index is 0.00976. The van der Waals surface area contributed by atoms with E-state index in [1.807, 2.05) is 37.3 Å². The Hall–Kier alpha value is -2.97. The van der Waals surface area contributed by atoms with Crippen molar-refractivity contribution in [2.45, 2.75) is 43.1 Å². The van der Waals surface area contributed by atoms with Gasteiger partial charge in [0.05, 0.1) is 10.8 Å². The maximum atomic E-state index is 12.7. The number of amides is 1. The molecule has 1 atom stereocenters. The summed E-state index contributed by atoms with van der Waals surface area (Å²) in [6.45, 7) is 6.45. The summed E-state index contributed by atoms with van der Waals surface area (Å²) in [5.41, 5.74) is 3.85. The van der Waals surface area contributed by atoms with E-state index in [9.17, 15) is 4.79 Å². The molecule has 1 aliphatic rings. The van der Waals surface area contributed by atoms with Crippen LogP contribution in [0.4, 0.5) is 0 Å². The summed E-state index contributed by atoms with van der Waals surface area (Å²) < 4.78 is 2.18. The van der Waals surface area contributed by atoms with Gasteiger partial charge in [-0.2, -0.15) is 0 Å². The highest BCUT2D eigenvalue weighted by molar-refractivity contribution is 8.00. The van der Waals surface area contributed by atoms with Crippen molar-refractivity contribution in [2.24, 2.45) is 0 Å². The number of para-hydroxylation sites is 1. The molecule has 1 saturated heterocycles. The third-order valence-electron chi connectivity index (χ3n) is 6.37. The van der Waals surface area contributed by atoms with Gasteiger partial charge in [-0.05, 0) is 44.5 Å². The highest BCUT2D eigenvalue weighted by Crippen LogP contribution is 2.29. The number of nitrogens with zero attached hydrogens (tertiary/aromatic N) is 5. The van der Waals surface area contributed by atoms with Crippen LogP contribution in [0.15, 0.2) is 59.8 Å². The van der Waals surface area contributed by atoms with E-state index in [0.29, 0.717) is 18.2 Å². The molecule has 5 rings (SSSR count). The highest BCUT2D eigenvalue weighted by atomic mass is 32.2. The number of piperidine rings is 1. The molecule has 34 heavy (non-hydrogen) atoms. The van der Waals surface area contributed by atoms with Gasteiger partial charge < -0.3 is 14.8 Å². The normalized spacial score (nSPS) is 15.6. The number of hydrogen-bond donors (Lipinski definition) is 1. The molecular formula is C26H30N6OS. The zero-order valence-electron chi connectivity index (χ0n) is 19.5. The van der Waals surface area contributed by atoms with Crippen molar-refractivity contribution in [1.29, 1.82) is 0 Å². The Kier molecular flexibility index (Phi) is 7.06. The van der Waals surface area contributed by atoms with E-state index in [2.05, 4.69) is 49.2 Å². The summed E-state index contributed by atoms with van der Waals surface area (Å²) in [5, 5.41) is 13.2. The molecule has 1 aliphatic heterocycles. The largest absolute Gasteiger partial charge is 0.354 e. The van der Waals surface area contributed by atoms with Crippen molar-refractivity contribution in [1.82, 2.24) is 30.0 Å². The average molecular weight is 475 g/mol. The minimum Gasteiger partial charge on any atom is -0.354 e. The molecule has 0 spiro atoms. The van der Waals surface area contributed by atoms with Crippen molar-refractivity contribution in [3.63, 3.8) is 0 Å². The summed E-state index contributed by atoms with van der Waals surface area (Å²) in [6.07, 6.45) is 3.83. The zero-order valence-corrected chi connectivity index (χ0v) is 20.3. The van der Waals surface area contributed by atoms with Gasteiger partial charge in [0.2, 0.25) is 11.1 Å². The molecule has 1 amide bonds. The molecule has 7 nitrogen and oxygen atoms in total. The van der Waals surface area contributed by atoms with Gasteiger partial charge in [-0.3, -0.25) is 4.79 Å². The second-order valence-electron chi connectivity index (χ2n) is 8.81. The van der Waals surface area contributed by atoms with Crippen LogP contribution in [0.5, 0.6) is 0 Å². The maximum Gasteiger partial charge on any atom is 0.233 e. The minimum atomic E-state index is -0.299. The molecule has 0 saturated carbocycles. The van der Waals surface area contributed by atoms with Crippen molar-refractivity contribution >= 4 is 39.7 Å². The van der Waals surface area contributed by atoms with E-state index in [4.69, 9.17) is 4.98 Å². The number of nitrogens with one attached hydrogen (secondary N) is 1. The number of aromatic nitrogens is 4. The summed E-state index contributed by atoms with van der Waals surface area (Å²) in [4.78, 5) is 19.9. The van der Waals surface area contributed by atoms with Crippen LogP contribution in [0.2, 0.25) is 0 Å². The second-order valence-corrected chi connectivity index (χ2v) is 10.1. The Morgan fingerprint density at radius 1 is 1.03 bits per heavy atom. The van der Waals surface area contributed by atoms with Gasteiger partial charge in [0.25, 0.3) is 0 Å². The van der Waals surface area contributed by atoms with E-state index < -0.39 is 0 Å². The van der Waals surface area contributed by atoms with Crippen LogP contribution in [0.25, 0.3) is 22.1 Å². The van der Waals surface area contributed by atoms with E-state index in [0.717, 1.165) is 41.7 Å². The lowest BCUT2D eigenvalue weighted by Gasteiger charge is -2.26. The SMILES string of the molecule is CC(Sc1nnc2c3ccccc3n(Cc3ccccc3)c2n1)C(=O)NCCN1CCCCC1. The van der Waals surface area contributed by atoms with E-state index >= 15 is 0 Å². The fourth-order valence-corrected chi connectivity index (χ4v) is 5.27. The fraction of sp³-hybridized carbons (Fsp3) is 0.385. The van der Waals surface area contributed by atoms with Crippen molar-refractivity contribution in [3.05, 3.63) is 60.2 Å². The van der Waals surface area contributed by atoms with E-state index in [1.165, 1.54) is 36.6 Å². The quantitative estimate of drug-likeness (QED) is 0.387. The molecule has 8 heteroatoms. The van der Waals surface area contributed by atoms with Gasteiger partial charge >= 0.3 is 0 Å². The van der Waals surface area contributed by atoms with E-state index in [1.54, 1.807) is 0 Å². The molecule has 1 fully saturated rings. The molecule has 2 aromatic carbocycles. The molecule has 176 valence electrons. The number of rotatable bonds is 8. The first-order valence-electron chi connectivity index (χ1n) is 12.0. The number of carbonyl (C=O) groups excluding carboxylic acids is 1. The molecule has 4 aromatic rings. The Morgan fingerprint density at radius 3 is 2.62 bits per heavy atom. The number of likely N-dealkylation sites (tertiary alicyclic amines) is 1. The Morgan fingerprint density at radius 2 is 1.79 bits per heavy atom. The van der Waals surface area contributed by atoms with Crippen LogP contribution < -0.4 is 5.32 Å². The van der Waals surface area contributed by atoms with Gasteiger partial charge in [0, 0.05) is 25.0 Å². The molecule has 0 radical (unpaired) electrons. The van der Waals surface area contributed by atoms with Crippen molar-refractivity contribution < 1.29 is 4.79 Å². The number of fused-ring (bicyclic) bond motifs is 3. The summed E-state index contributed by atoms with van der Waals surface area (Å²) in [7, 11) is 0. The average Bonchev–Trinajstić information content (AvgIpc) is 3.18. The summed E-state index contributed by atoms with van der Waals surface area (Å²) in [5.74, 6) is 0.00976. The van der Waals surface area contributed by atoms with Crippen molar-refractivity contribution in [3.8, 4) is 0 Å². The lowest BCUT2D eigenvalue weighted by Crippen LogP contribution is -2.39. The number of carbonyl (C=O) groups is 1. The summed E-state index contributed by atoms with van der Waals surface area (Å²) >= 11 is 1.35. The first kappa shape index (κ1) is 22.8. The van der Waals surface area contributed by atoms with Gasteiger partial charge in [-0.15, -0.1) is 10.2 Å². The second kappa shape index (κ2) is 10.5. The monoisotopic (exact) mass is 474 g/mol.